The quantitative estimate of drug-likeness (QED) is 0.129. The van der Waals surface area contributed by atoms with Crippen molar-refractivity contribution in [3.05, 3.63) is 296 Å². The predicted octanol–water partition coefficient (Wildman–Crippen LogP) is 20.2. The number of benzene rings is 14. The molecule has 0 saturated carbocycles. The summed E-state index contributed by atoms with van der Waals surface area (Å²) in [4.78, 5) is 0. The Balaban J connectivity index is 0.000000121. The summed E-state index contributed by atoms with van der Waals surface area (Å²) in [6.45, 7) is 0. The Labute approximate surface area is 482 Å². The third-order valence-corrected chi connectivity index (χ3v) is 16.6. The normalized spacial score (nSPS) is 11.4. The predicted molar refractivity (Wildman–Crippen MR) is 349 cm³/mol. The second-order valence-electron chi connectivity index (χ2n) is 20.5. The zero-order valence-corrected chi connectivity index (χ0v) is 46.0. The molecule has 16 aromatic rings. The zero-order valence-electron chi connectivity index (χ0n) is 44.4. The minimum Gasteiger partial charge on any atom is -0.456 e. The fraction of sp³-hybridized carbons (Fsp3) is 0. The molecule has 0 radical (unpaired) electrons. The Kier molecular flexibility index (Phi) is 13.3. The van der Waals surface area contributed by atoms with Gasteiger partial charge in [-0.15, -0.1) is 0 Å². The largest absolute Gasteiger partial charge is 0.488 e. The third-order valence-electron chi connectivity index (χ3n) is 15.7. The van der Waals surface area contributed by atoms with Gasteiger partial charge in [-0.2, -0.15) is 0 Å². The average molecular weight is 1120 g/mol. The molecule has 2 heterocycles. The van der Waals surface area contributed by atoms with E-state index >= 15 is 0 Å². The molecule has 0 spiro atoms. The fourth-order valence-electron chi connectivity index (χ4n) is 12.0. The molecule has 0 amide bonds. The van der Waals surface area contributed by atoms with Crippen LogP contribution in [0.3, 0.4) is 0 Å². The Bertz CT molecular complexity index is 4930. The summed E-state index contributed by atoms with van der Waals surface area (Å²) in [6, 6.07) is 102. The molecular formula is C76H50BBrO4. The van der Waals surface area contributed by atoms with E-state index in [2.05, 4.69) is 253 Å². The van der Waals surface area contributed by atoms with Gasteiger partial charge in [0.15, 0.2) is 0 Å². The number of hydrogen-bond donors (Lipinski definition) is 2. The Morgan fingerprint density at radius 3 is 1.00 bits per heavy atom. The number of halogens is 1. The lowest BCUT2D eigenvalue weighted by Gasteiger charge is -2.19. The van der Waals surface area contributed by atoms with Gasteiger partial charge in [0, 0.05) is 26.0 Å². The summed E-state index contributed by atoms with van der Waals surface area (Å²) in [5, 5.41) is 32.5. The summed E-state index contributed by atoms with van der Waals surface area (Å²) < 4.78 is 13.1. The number of para-hydroxylation sites is 2. The second-order valence-corrected chi connectivity index (χ2v) is 21.3. The van der Waals surface area contributed by atoms with Gasteiger partial charge in [-0.3, -0.25) is 0 Å². The first-order valence-electron chi connectivity index (χ1n) is 27.5. The summed E-state index contributed by atoms with van der Waals surface area (Å²) in [7, 11) is -1.46. The molecule has 0 atom stereocenters. The van der Waals surface area contributed by atoms with Crippen LogP contribution in [0.4, 0.5) is 0 Å². The second kappa shape index (κ2) is 21.7. The van der Waals surface area contributed by atoms with Crippen molar-refractivity contribution in [1.82, 2.24) is 0 Å². The van der Waals surface area contributed by atoms with Crippen LogP contribution in [0.5, 0.6) is 0 Å². The molecule has 2 N–H and O–H groups in total. The first kappa shape index (κ1) is 50.4. The number of rotatable bonds is 6. The molecule has 0 aliphatic rings. The molecular weight excluding hydrogens is 1070 g/mol. The minimum absolute atomic E-state index is 0.437. The van der Waals surface area contributed by atoms with Crippen molar-refractivity contribution in [2.24, 2.45) is 0 Å². The standard InChI is InChI=1S/C38H24O.C26H17Br.C12H9BO3/c1-2-12-25(13-3-1)27-14-4-5-16-30(27)38-33-19-8-6-17-31(33)37(32-18-7-9-20-34(32)38)26-22-23-29-28-15-10-11-21-35(28)39-36(29)24-26;27-26-23-16-8-6-14-21(23)25(22-15-7-9-17-24(22)26)20-13-5-4-12-19(20)18-10-2-1-3-11-18;14-13(15)8-5-6-10-9-3-1-2-4-11(9)16-12(10)7-8/h1-24H;1-17H;1-7,14-15H. The monoisotopic (exact) mass is 1120 g/mol. The molecule has 388 valence electrons. The molecule has 0 saturated heterocycles. The molecule has 0 bridgehead atoms. The van der Waals surface area contributed by atoms with Gasteiger partial charge in [0.2, 0.25) is 0 Å². The van der Waals surface area contributed by atoms with Crippen molar-refractivity contribution in [3.8, 4) is 55.6 Å². The van der Waals surface area contributed by atoms with Gasteiger partial charge in [0.05, 0.1) is 0 Å². The van der Waals surface area contributed by atoms with Crippen LogP contribution in [0.2, 0.25) is 0 Å². The van der Waals surface area contributed by atoms with E-state index in [9.17, 15) is 0 Å². The van der Waals surface area contributed by atoms with Crippen LogP contribution in [0, 0.1) is 0 Å². The van der Waals surface area contributed by atoms with Crippen LogP contribution in [-0.4, -0.2) is 17.2 Å². The van der Waals surface area contributed by atoms with Crippen molar-refractivity contribution in [1.29, 1.82) is 0 Å². The van der Waals surface area contributed by atoms with E-state index in [1.54, 1.807) is 12.1 Å². The maximum absolute atomic E-state index is 9.07. The van der Waals surface area contributed by atoms with Crippen molar-refractivity contribution in [2.75, 3.05) is 0 Å². The van der Waals surface area contributed by atoms with Crippen molar-refractivity contribution >= 4 is 115 Å². The van der Waals surface area contributed by atoms with Gasteiger partial charge < -0.3 is 18.9 Å². The van der Waals surface area contributed by atoms with Gasteiger partial charge in [0.25, 0.3) is 0 Å². The lowest BCUT2D eigenvalue weighted by Crippen LogP contribution is -2.29. The lowest BCUT2D eigenvalue weighted by molar-refractivity contribution is 0.425. The van der Waals surface area contributed by atoms with E-state index in [4.69, 9.17) is 18.9 Å². The zero-order chi connectivity index (χ0) is 55.1. The summed E-state index contributed by atoms with van der Waals surface area (Å²) in [6.07, 6.45) is 0. The molecule has 0 fully saturated rings. The third kappa shape index (κ3) is 9.10. The number of furan rings is 2. The van der Waals surface area contributed by atoms with Gasteiger partial charge in [-0.1, -0.05) is 261 Å². The lowest BCUT2D eigenvalue weighted by atomic mass is 9.80. The highest BCUT2D eigenvalue weighted by Crippen LogP contribution is 2.48. The van der Waals surface area contributed by atoms with Crippen molar-refractivity contribution in [2.45, 2.75) is 0 Å². The fourth-order valence-corrected chi connectivity index (χ4v) is 12.7. The molecule has 0 aliphatic carbocycles. The molecule has 6 heteroatoms. The van der Waals surface area contributed by atoms with E-state index in [-0.39, 0.29) is 0 Å². The Hall–Kier alpha value is -9.82. The first-order chi connectivity index (χ1) is 40.5. The Morgan fingerprint density at radius 2 is 0.561 bits per heavy atom. The van der Waals surface area contributed by atoms with Gasteiger partial charge in [0.1, 0.15) is 22.3 Å². The van der Waals surface area contributed by atoms with Gasteiger partial charge in [-0.05, 0) is 150 Å². The molecule has 4 nitrogen and oxygen atoms in total. The van der Waals surface area contributed by atoms with Crippen LogP contribution in [0.1, 0.15) is 0 Å². The van der Waals surface area contributed by atoms with Crippen LogP contribution in [-0.2, 0) is 0 Å². The minimum atomic E-state index is -1.46. The highest BCUT2D eigenvalue weighted by molar-refractivity contribution is 9.10. The highest BCUT2D eigenvalue weighted by atomic mass is 79.9. The van der Waals surface area contributed by atoms with E-state index in [0.717, 1.165) is 48.3 Å². The van der Waals surface area contributed by atoms with Crippen LogP contribution in [0.25, 0.3) is 143 Å². The number of hydrogen-bond acceptors (Lipinski definition) is 4. The molecule has 16 rings (SSSR count). The highest BCUT2D eigenvalue weighted by Gasteiger charge is 2.21. The molecule has 2 aromatic heterocycles. The van der Waals surface area contributed by atoms with E-state index in [0.29, 0.717) is 11.0 Å². The maximum atomic E-state index is 9.07. The van der Waals surface area contributed by atoms with Gasteiger partial charge >= 0.3 is 7.12 Å². The summed E-state index contributed by atoms with van der Waals surface area (Å²) in [5.74, 6) is 0. The Morgan fingerprint density at radius 1 is 0.244 bits per heavy atom. The SMILES string of the molecule is Brc1c2ccccc2c(-c2ccccc2-c2ccccc2)c2ccccc12.OB(O)c1ccc2c(c1)oc1ccccc12.c1ccc(-c2ccccc2-c2c3ccccc3c(-c3ccc4c(c3)oc3ccccc34)c3ccccc23)cc1. The average Bonchev–Trinajstić information content (AvgIpc) is 3.80. The van der Waals surface area contributed by atoms with E-state index < -0.39 is 7.12 Å². The van der Waals surface area contributed by atoms with Crippen LogP contribution in [0.15, 0.2) is 304 Å². The number of fused-ring (bicyclic) bond motifs is 10. The summed E-state index contributed by atoms with van der Waals surface area (Å²) in [5.41, 5.74) is 16.2. The molecule has 0 unspecified atom stereocenters. The summed E-state index contributed by atoms with van der Waals surface area (Å²) >= 11 is 3.85. The maximum Gasteiger partial charge on any atom is 0.488 e. The van der Waals surface area contributed by atoms with E-state index in [1.165, 1.54) is 93.2 Å². The van der Waals surface area contributed by atoms with Crippen molar-refractivity contribution in [3.63, 3.8) is 0 Å². The molecule has 82 heavy (non-hydrogen) atoms. The van der Waals surface area contributed by atoms with Crippen molar-refractivity contribution < 1.29 is 18.9 Å². The molecule has 14 aromatic carbocycles. The topological polar surface area (TPSA) is 66.7 Å². The molecule has 0 aliphatic heterocycles. The first-order valence-corrected chi connectivity index (χ1v) is 28.3. The van der Waals surface area contributed by atoms with Crippen LogP contribution < -0.4 is 5.46 Å². The van der Waals surface area contributed by atoms with Gasteiger partial charge in [-0.25, -0.2) is 0 Å². The van der Waals surface area contributed by atoms with E-state index in [1.807, 2.05) is 42.5 Å². The van der Waals surface area contributed by atoms with Crippen LogP contribution >= 0.6 is 15.9 Å². The smallest absolute Gasteiger partial charge is 0.456 e.